The molecule has 2 rings (SSSR count). The average Bonchev–Trinajstić information content (AvgIpc) is 2.50. The summed E-state index contributed by atoms with van der Waals surface area (Å²) in [6, 6.07) is 6.39. The number of halogens is 1. The number of sulfonamides is 1. The molecule has 9 heteroatoms. The van der Waals surface area contributed by atoms with E-state index in [0.717, 1.165) is 4.31 Å². The number of esters is 1. The Balaban J connectivity index is 2.24. The van der Waals surface area contributed by atoms with E-state index >= 15 is 0 Å². The lowest BCUT2D eigenvalue weighted by molar-refractivity contribution is 0.0732. The zero-order valence-corrected chi connectivity index (χ0v) is 13.8. The summed E-state index contributed by atoms with van der Waals surface area (Å²) in [6.07, 6.45) is 1.27. The molecule has 0 aliphatic heterocycles. The Kier molecular flexibility index (Phi) is 4.88. The van der Waals surface area contributed by atoms with E-state index in [4.69, 9.17) is 16.3 Å². The lowest BCUT2D eigenvalue weighted by atomic mass is 10.2. The van der Waals surface area contributed by atoms with Gasteiger partial charge in [-0.1, -0.05) is 11.6 Å². The smallest absolute Gasteiger partial charge is 0.343 e. The molecule has 0 amide bonds. The molecule has 1 heterocycles. The highest BCUT2D eigenvalue weighted by atomic mass is 35.5. The number of pyridine rings is 1. The van der Waals surface area contributed by atoms with Crippen molar-refractivity contribution in [2.75, 3.05) is 14.1 Å². The second-order valence-corrected chi connectivity index (χ2v) is 7.30. The van der Waals surface area contributed by atoms with Crippen molar-refractivity contribution in [3.05, 3.63) is 57.5 Å². The van der Waals surface area contributed by atoms with Crippen LogP contribution in [0.3, 0.4) is 0 Å². The number of nitrogens with one attached hydrogen (secondary N) is 1. The highest BCUT2D eigenvalue weighted by Crippen LogP contribution is 2.16. The molecule has 0 aliphatic carbocycles. The normalized spacial score (nSPS) is 11.5. The van der Waals surface area contributed by atoms with Crippen LogP contribution < -0.4 is 10.3 Å². The molecule has 0 fully saturated rings. The van der Waals surface area contributed by atoms with Crippen LogP contribution in [0.1, 0.15) is 10.4 Å². The third kappa shape index (κ3) is 3.79. The molecule has 0 saturated carbocycles. The number of benzene rings is 1. The summed E-state index contributed by atoms with van der Waals surface area (Å²) in [5, 5.41) is 0.208. The summed E-state index contributed by atoms with van der Waals surface area (Å²) in [5.74, 6) is -1.04. The first-order chi connectivity index (χ1) is 10.7. The molecule has 0 radical (unpaired) electrons. The van der Waals surface area contributed by atoms with Crippen molar-refractivity contribution in [3.63, 3.8) is 0 Å². The monoisotopic (exact) mass is 356 g/mol. The predicted molar refractivity (Wildman–Crippen MR) is 84.3 cm³/mol. The average molecular weight is 357 g/mol. The molecule has 1 aromatic heterocycles. The first-order valence-corrected chi connectivity index (χ1v) is 8.16. The number of nitrogens with zero attached hydrogens (tertiary/aromatic N) is 1. The highest BCUT2D eigenvalue weighted by Gasteiger charge is 2.18. The molecule has 0 atom stereocenters. The van der Waals surface area contributed by atoms with Crippen LogP contribution in [0.4, 0.5) is 0 Å². The van der Waals surface area contributed by atoms with Crippen molar-refractivity contribution >= 4 is 27.6 Å². The van der Waals surface area contributed by atoms with Crippen LogP contribution in [-0.2, 0) is 10.0 Å². The molecule has 1 N–H and O–H groups in total. The van der Waals surface area contributed by atoms with Gasteiger partial charge in [-0.2, -0.15) is 0 Å². The molecular weight excluding hydrogens is 344 g/mol. The van der Waals surface area contributed by atoms with Gasteiger partial charge in [0.2, 0.25) is 10.0 Å². The van der Waals surface area contributed by atoms with Gasteiger partial charge < -0.3 is 9.72 Å². The summed E-state index contributed by atoms with van der Waals surface area (Å²) in [7, 11) is -0.770. The summed E-state index contributed by atoms with van der Waals surface area (Å²) < 4.78 is 29.9. The van der Waals surface area contributed by atoms with Gasteiger partial charge in [-0.15, -0.1) is 0 Å². The van der Waals surface area contributed by atoms with Crippen molar-refractivity contribution in [2.45, 2.75) is 4.90 Å². The van der Waals surface area contributed by atoms with E-state index in [0.29, 0.717) is 0 Å². The lowest BCUT2D eigenvalue weighted by Gasteiger charge is -2.11. The van der Waals surface area contributed by atoms with Crippen molar-refractivity contribution in [1.82, 2.24) is 9.29 Å². The summed E-state index contributed by atoms with van der Waals surface area (Å²) >= 11 is 5.71. The summed E-state index contributed by atoms with van der Waals surface area (Å²) in [5.41, 5.74) is -0.503. The van der Waals surface area contributed by atoms with Crippen molar-refractivity contribution in [1.29, 1.82) is 0 Å². The number of carbonyl (C=O) groups excluding carboxylic acids is 1. The molecule has 122 valence electrons. The number of hydrogen-bond donors (Lipinski definition) is 1. The van der Waals surface area contributed by atoms with Crippen molar-refractivity contribution in [2.24, 2.45) is 0 Å². The third-order valence-electron chi connectivity index (χ3n) is 2.91. The maximum atomic E-state index is 12.0. The first-order valence-electron chi connectivity index (χ1n) is 6.35. The van der Waals surface area contributed by atoms with E-state index in [1.54, 1.807) is 0 Å². The van der Waals surface area contributed by atoms with Gasteiger partial charge in [0.1, 0.15) is 0 Å². The zero-order valence-electron chi connectivity index (χ0n) is 12.2. The number of hydrogen-bond acceptors (Lipinski definition) is 5. The largest absolute Gasteiger partial charge is 0.417 e. The molecule has 1 aromatic carbocycles. The fourth-order valence-electron chi connectivity index (χ4n) is 1.65. The molecule has 7 nitrogen and oxygen atoms in total. The minimum Gasteiger partial charge on any atom is -0.417 e. The number of carbonyl (C=O) groups is 1. The quantitative estimate of drug-likeness (QED) is 0.837. The van der Waals surface area contributed by atoms with Gasteiger partial charge in [-0.05, 0) is 24.3 Å². The van der Waals surface area contributed by atoms with Gasteiger partial charge in [-0.3, -0.25) is 4.79 Å². The Labute approximate surface area is 137 Å². The third-order valence-corrected chi connectivity index (χ3v) is 4.95. The van der Waals surface area contributed by atoms with E-state index in [9.17, 15) is 18.0 Å². The molecule has 0 spiro atoms. The van der Waals surface area contributed by atoms with Crippen molar-refractivity contribution in [3.8, 4) is 5.75 Å². The molecule has 0 aliphatic rings. The lowest BCUT2D eigenvalue weighted by Crippen LogP contribution is -2.22. The SMILES string of the molecule is CN(C)S(=O)(=O)c1ccc(C(=O)Oc2cc(Cl)c[nH]c2=O)cc1. The zero-order chi connectivity index (χ0) is 17.2. The van der Waals surface area contributed by atoms with E-state index in [2.05, 4.69) is 4.98 Å². The minimum absolute atomic E-state index is 0.0413. The van der Waals surface area contributed by atoms with E-state index < -0.39 is 21.6 Å². The molecule has 0 bridgehead atoms. The molecule has 23 heavy (non-hydrogen) atoms. The van der Waals surface area contributed by atoms with Crippen molar-refractivity contribution < 1.29 is 17.9 Å². The van der Waals surface area contributed by atoms with E-state index in [1.165, 1.54) is 50.6 Å². The topological polar surface area (TPSA) is 96.5 Å². The Hall–Kier alpha value is -2.16. The fraction of sp³-hybridized carbons (Fsp3) is 0.143. The molecule has 0 saturated heterocycles. The van der Waals surface area contributed by atoms with Crippen LogP contribution in [0, 0.1) is 0 Å². The van der Waals surface area contributed by atoms with Crippen LogP contribution in [0.25, 0.3) is 0 Å². The molecule has 0 unspecified atom stereocenters. The standard InChI is InChI=1S/C14H13ClN2O5S/c1-17(2)23(20,21)11-5-3-9(4-6-11)14(19)22-12-7-10(15)8-16-13(12)18/h3-8H,1-2H3,(H,16,18). The van der Waals surface area contributed by atoms with Crippen LogP contribution in [0.2, 0.25) is 5.02 Å². The van der Waals surface area contributed by atoms with Crippen LogP contribution in [0.15, 0.2) is 46.2 Å². The number of H-pyrrole nitrogens is 1. The van der Waals surface area contributed by atoms with Gasteiger partial charge in [0.15, 0.2) is 5.75 Å². The van der Waals surface area contributed by atoms with E-state index in [1.807, 2.05) is 0 Å². The fourth-order valence-corrected chi connectivity index (χ4v) is 2.70. The summed E-state index contributed by atoms with van der Waals surface area (Å²) in [4.78, 5) is 25.9. The molecule has 2 aromatic rings. The van der Waals surface area contributed by atoms with Crippen LogP contribution in [-0.4, -0.2) is 37.8 Å². The molecular formula is C14H13ClN2O5S. The number of aromatic nitrogens is 1. The Bertz CT molecular complexity index is 888. The Morgan fingerprint density at radius 2 is 1.83 bits per heavy atom. The van der Waals surface area contributed by atoms with Gasteiger partial charge in [0.25, 0.3) is 5.56 Å². The maximum Gasteiger partial charge on any atom is 0.343 e. The number of aromatic amines is 1. The second kappa shape index (κ2) is 6.53. The van der Waals surface area contributed by atoms with Gasteiger partial charge in [0.05, 0.1) is 15.5 Å². The predicted octanol–water partition coefficient (Wildman–Crippen LogP) is 1.50. The van der Waals surface area contributed by atoms with Gasteiger partial charge in [-0.25, -0.2) is 17.5 Å². The number of rotatable bonds is 4. The van der Waals surface area contributed by atoms with Gasteiger partial charge in [0, 0.05) is 26.4 Å². The van der Waals surface area contributed by atoms with E-state index in [-0.39, 0.29) is 21.2 Å². The van der Waals surface area contributed by atoms with Gasteiger partial charge >= 0.3 is 5.97 Å². The highest BCUT2D eigenvalue weighted by molar-refractivity contribution is 7.89. The number of ether oxygens (including phenoxy) is 1. The Morgan fingerprint density at radius 3 is 2.39 bits per heavy atom. The summed E-state index contributed by atoms with van der Waals surface area (Å²) in [6.45, 7) is 0. The van der Waals surface area contributed by atoms with Crippen LogP contribution >= 0.6 is 11.6 Å². The first kappa shape index (κ1) is 17.2. The Morgan fingerprint density at radius 1 is 1.22 bits per heavy atom. The minimum atomic E-state index is -3.58. The second-order valence-electron chi connectivity index (χ2n) is 4.71. The van der Waals surface area contributed by atoms with Crippen LogP contribution in [0.5, 0.6) is 5.75 Å². The maximum absolute atomic E-state index is 12.0.